The summed E-state index contributed by atoms with van der Waals surface area (Å²) in [5.74, 6) is 0.506. The van der Waals surface area contributed by atoms with Crippen molar-refractivity contribution in [2.24, 2.45) is 11.8 Å². The van der Waals surface area contributed by atoms with E-state index in [2.05, 4.69) is 39.6 Å². The smallest absolute Gasteiger partial charge is 0.230 e. The molecule has 1 aliphatic rings. The van der Waals surface area contributed by atoms with Crippen molar-refractivity contribution in [1.29, 1.82) is 0 Å². The molecule has 6 nitrogen and oxygen atoms in total. The molecule has 1 aliphatic heterocycles. The highest BCUT2D eigenvalue weighted by atomic mass is 32.1. The number of hydrogen-bond donors (Lipinski definition) is 2. The van der Waals surface area contributed by atoms with Crippen LogP contribution in [0.4, 0.5) is 16.5 Å². The lowest BCUT2D eigenvalue weighted by Crippen LogP contribution is -2.32. The third-order valence-electron chi connectivity index (χ3n) is 4.95. The number of aromatic nitrogens is 1. The summed E-state index contributed by atoms with van der Waals surface area (Å²) in [4.78, 5) is 30.7. The van der Waals surface area contributed by atoms with Gasteiger partial charge >= 0.3 is 0 Å². The summed E-state index contributed by atoms with van der Waals surface area (Å²) in [5.41, 5.74) is 2.64. The van der Waals surface area contributed by atoms with E-state index >= 15 is 0 Å². The molecule has 1 aromatic heterocycles. The van der Waals surface area contributed by atoms with Crippen molar-refractivity contribution in [3.8, 4) is 0 Å². The number of carbonyl (C=O) groups is 2. The first-order chi connectivity index (χ1) is 13.4. The van der Waals surface area contributed by atoms with E-state index in [1.54, 1.807) is 5.38 Å². The Morgan fingerprint density at radius 3 is 2.50 bits per heavy atom. The Morgan fingerprint density at radius 2 is 1.86 bits per heavy atom. The molecule has 0 aliphatic carbocycles. The number of rotatable bonds is 6. The van der Waals surface area contributed by atoms with Crippen molar-refractivity contribution in [1.82, 2.24) is 4.98 Å². The van der Waals surface area contributed by atoms with Crippen LogP contribution in [0.25, 0.3) is 0 Å². The molecule has 0 spiro atoms. The Morgan fingerprint density at radius 1 is 1.18 bits per heavy atom. The van der Waals surface area contributed by atoms with E-state index in [1.165, 1.54) is 29.9 Å². The number of hydrogen-bond acceptors (Lipinski definition) is 5. The highest BCUT2D eigenvalue weighted by Crippen LogP contribution is 2.24. The molecule has 0 saturated carbocycles. The minimum Gasteiger partial charge on any atom is -0.372 e. The van der Waals surface area contributed by atoms with E-state index < -0.39 is 0 Å². The quantitative estimate of drug-likeness (QED) is 0.764. The molecule has 0 atom stereocenters. The van der Waals surface area contributed by atoms with Crippen LogP contribution in [0.5, 0.6) is 0 Å². The van der Waals surface area contributed by atoms with Gasteiger partial charge in [-0.3, -0.25) is 9.59 Å². The van der Waals surface area contributed by atoms with Crippen LogP contribution in [0.2, 0.25) is 0 Å². The maximum atomic E-state index is 12.3. The van der Waals surface area contributed by atoms with Gasteiger partial charge in [-0.2, -0.15) is 0 Å². The molecule has 0 unspecified atom stereocenters. The van der Waals surface area contributed by atoms with E-state index in [9.17, 15) is 9.59 Å². The summed E-state index contributed by atoms with van der Waals surface area (Å²) < 4.78 is 0. The second-order valence-electron chi connectivity index (χ2n) is 7.73. The Kier molecular flexibility index (Phi) is 6.67. The molecule has 28 heavy (non-hydrogen) atoms. The second-order valence-corrected chi connectivity index (χ2v) is 8.59. The van der Waals surface area contributed by atoms with E-state index in [0.29, 0.717) is 10.8 Å². The fraction of sp³-hybridized carbons (Fsp3) is 0.476. The lowest BCUT2D eigenvalue weighted by molar-refractivity contribution is -0.119. The Hall–Kier alpha value is -2.41. The summed E-state index contributed by atoms with van der Waals surface area (Å²) in [6, 6.07) is 8.02. The molecule has 2 amide bonds. The molecule has 2 aromatic rings. The van der Waals surface area contributed by atoms with Crippen LogP contribution in [0.15, 0.2) is 29.6 Å². The normalized spacial score (nSPS) is 14.9. The second kappa shape index (κ2) is 9.19. The van der Waals surface area contributed by atoms with Gasteiger partial charge in [-0.1, -0.05) is 20.8 Å². The predicted octanol–water partition coefficient (Wildman–Crippen LogP) is 4.16. The Balaban J connectivity index is 1.51. The molecule has 3 rings (SSSR count). The van der Waals surface area contributed by atoms with Crippen molar-refractivity contribution in [2.45, 2.75) is 40.0 Å². The van der Waals surface area contributed by atoms with Gasteiger partial charge in [-0.15, -0.1) is 11.3 Å². The predicted molar refractivity (Wildman–Crippen MR) is 115 cm³/mol. The van der Waals surface area contributed by atoms with E-state index in [-0.39, 0.29) is 24.2 Å². The summed E-state index contributed by atoms with van der Waals surface area (Å²) in [5, 5.41) is 8.00. The zero-order chi connectivity index (χ0) is 20.1. The average Bonchev–Trinajstić information content (AvgIpc) is 3.09. The average molecular weight is 401 g/mol. The molecule has 0 bridgehead atoms. The maximum Gasteiger partial charge on any atom is 0.230 e. The minimum atomic E-state index is -0.119. The standard InChI is InChI=1S/C21H28N4O2S/c1-14(2)20(27)24-21-23-17(13-28-21)12-19(26)22-16-4-6-18(7-5-16)25-10-8-15(3)9-11-25/h4-7,13-15H,8-12H2,1-3H3,(H,22,26)(H,23,24,27). The van der Waals surface area contributed by atoms with Crippen molar-refractivity contribution >= 4 is 39.7 Å². The van der Waals surface area contributed by atoms with Crippen LogP contribution >= 0.6 is 11.3 Å². The lowest BCUT2D eigenvalue weighted by atomic mass is 9.99. The molecule has 0 radical (unpaired) electrons. The molecular weight excluding hydrogens is 372 g/mol. The highest BCUT2D eigenvalue weighted by molar-refractivity contribution is 7.13. The van der Waals surface area contributed by atoms with Crippen LogP contribution in [0.1, 0.15) is 39.3 Å². The minimum absolute atomic E-state index is 0.0754. The number of carbonyl (C=O) groups excluding carboxylic acids is 2. The molecular formula is C21H28N4O2S. The Bertz CT molecular complexity index is 808. The van der Waals surface area contributed by atoms with Gasteiger partial charge in [0.15, 0.2) is 5.13 Å². The van der Waals surface area contributed by atoms with E-state index in [4.69, 9.17) is 0 Å². The Labute approximate surface area is 170 Å². The van der Waals surface area contributed by atoms with Gasteiger partial charge in [0, 0.05) is 35.8 Å². The number of piperidine rings is 1. The van der Waals surface area contributed by atoms with Crippen molar-refractivity contribution in [3.63, 3.8) is 0 Å². The maximum absolute atomic E-state index is 12.3. The summed E-state index contributed by atoms with van der Waals surface area (Å²) in [6.07, 6.45) is 2.64. The molecule has 1 saturated heterocycles. The zero-order valence-electron chi connectivity index (χ0n) is 16.7. The van der Waals surface area contributed by atoms with Crippen molar-refractivity contribution < 1.29 is 9.59 Å². The van der Waals surface area contributed by atoms with Gasteiger partial charge in [0.1, 0.15) is 0 Å². The van der Waals surface area contributed by atoms with Crippen molar-refractivity contribution in [2.75, 3.05) is 28.6 Å². The fourth-order valence-electron chi connectivity index (χ4n) is 3.09. The van der Waals surface area contributed by atoms with Gasteiger partial charge in [0.25, 0.3) is 0 Å². The third-order valence-corrected chi connectivity index (χ3v) is 5.75. The molecule has 1 fully saturated rings. The molecule has 1 aromatic carbocycles. The van der Waals surface area contributed by atoms with Gasteiger partial charge in [-0.25, -0.2) is 4.98 Å². The SMILES string of the molecule is CC1CCN(c2ccc(NC(=O)Cc3csc(NC(=O)C(C)C)n3)cc2)CC1. The number of anilines is 3. The van der Waals surface area contributed by atoms with Crippen LogP contribution in [0, 0.1) is 11.8 Å². The van der Waals surface area contributed by atoms with Crippen LogP contribution in [0.3, 0.4) is 0 Å². The third kappa shape index (κ3) is 5.55. The number of thiazole rings is 1. The molecule has 7 heteroatoms. The first kappa shape index (κ1) is 20.3. The van der Waals surface area contributed by atoms with Crippen LogP contribution in [-0.4, -0.2) is 29.9 Å². The topological polar surface area (TPSA) is 74.3 Å². The molecule has 2 heterocycles. The number of amides is 2. The molecule has 150 valence electrons. The largest absolute Gasteiger partial charge is 0.372 e. The first-order valence-corrected chi connectivity index (χ1v) is 10.7. The fourth-order valence-corrected chi connectivity index (χ4v) is 3.80. The van der Waals surface area contributed by atoms with Crippen LogP contribution in [-0.2, 0) is 16.0 Å². The van der Waals surface area contributed by atoms with Gasteiger partial charge in [0.2, 0.25) is 11.8 Å². The van der Waals surface area contributed by atoms with Crippen LogP contribution < -0.4 is 15.5 Å². The first-order valence-electron chi connectivity index (χ1n) is 9.81. The van der Waals surface area contributed by atoms with Gasteiger partial charge in [0.05, 0.1) is 12.1 Å². The molecule has 2 N–H and O–H groups in total. The number of benzene rings is 1. The highest BCUT2D eigenvalue weighted by Gasteiger charge is 2.16. The number of nitrogens with zero attached hydrogens (tertiary/aromatic N) is 2. The monoisotopic (exact) mass is 400 g/mol. The summed E-state index contributed by atoms with van der Waals surface area (Å²) in [7, 11) is 0. The summed E-state index contributed by atoms with van der Waals surface area (Å²) >= 11 is 1.33. The lowest BCUT2D eigenvalue weighted by Gasteiger charge is -2.32. The van der Waals surface area contributed by atoms with Crippen molar-refractivity contribution in [3.05, 3.63) is 35.3 Å². The van der Waals surface area contributed by atoms with Gasteiger partial charge in [-0.05, 0) is 43.0 Å². The summed E-state index contributed by atoms with van der Waals surface area (Å²) in [6.45, 7) is 8.14. The van der Waals surface area contributed by atoms with E-state index in [0.717, 1.165) is 24.7 Å². The van der Waals surface area contributed by atoms with Gasteiger partial charge < -0.3 is 15.5 Å². The van der Waals surface area contributed by atoms with E-state index in [1.807, 2.05) is 26.0 Å². The zero-order valence-corrected chi connectivity index (χ0v) is 17.5. The number of nitrogens with one attached hydrogen (secondary N) is 2.